The fraction of sp³-hybridized carbons (Fsp3) is 0.600. The van der Waals surface area contributed by atoms with Crippen LogP contribution in [0.2, 0.25) is 0 Å². The van der Waals surface area contributed by atoms with Gasteiger partial charge in [0.15, 0.2) is 11.5 Å². The first-order valence-electron chi connectivity index (χ1n) is 6.87. The van der Waals surface area contributed by atoms with Crippen LogP contribution in [0.4, 0.5) is 0 Å². The Morgan fingerprint density at radius 1 is 1.11 bits per heavy atom. The van der Waals surface area contributed by atoms with Crippen LogP contribution < -0.4 is 9.47 Å². The second-order valence-corrected chi connectivity index (χ2v) is 4.91. The van der Waals surface area contributed by atoms with Gasteiger partial charge in [-0.2, -0.15) is 0 Å². The average Bonchev–Trinajstić information content (AvgIpc) is 2.49. The van der Waals surface area contributed by atoms with Crippen molar-refractivity contribution in [2.24, 2.45) is 0 Å². The fourth-order valence-corrected chi connectivity index (χ4v) is 2.72. The van der Waals surface area contributed by atoms with E-state index in [-0.39, 0.29) is 12.6 Å². The van der Waals surface area contributed by atoms with Crippen LogP contribution in [0.3, 0.4) is 0 Å². The summed E-state index contributed by atoms with van der Waals surface area (Å²) in [6.07, 6.45) is 3.72. The Labute approximate surface area is 114 Å². The third-order valence-electron chi connectivity index (χ3n) is 3.80. The van der Waals surface area contributed by atoms with Crippen LogP contribution in [0.25, 0.3) is 0 Å². The highest BCUT2D eigenvalue weighted by Gasteiger charge is 2.22. The minimum atomic E-state index is 0.0557. The highest BCUT2D eigenvalue weighted by molar-refractivity contribution is 5.43. The number of nitrogens with zero attached hydrogens (tertiary/aromatic N) is 1. The maximum absolute atomic E-state index is 9.71. The Balaban J connectivity index is 2.22. The molecule has 19 heavy (non-hydrogen) atoms. The van der Waals surface area contributed by atoms with Crippen LogP contribution in [0.5, 0.6) is 11.5 Å². The van der Waals surface area contributed by atoms with Crippen LogP contribution in [0, 0.1) is 0 Å². The van der Waals surface area contributed by atoms with Gasteiger partial charge in [0.2, 0.25) is 0 Å². The van der Waals surface area contributed by atoms with Gasteiger partial charge in [-0.15, -0.1) is 0 Å². The van der Waals surface area contributed by atoms with E-state index in [1.54, 1.807) is 14.2 Å². The molecule has 4 heteroatoms. The molecular formula is C15H23NO3. The third kappa shape index (κ3) is 3.19. The summed E-state index contributed by atoms with van der Waals surface area (Å²) in [7, 11) is 3.27. The minimum absolute atomic E-state index is 0.0557. The van der Waals surface area contributed by atoms with Crippen molar-refractivity contribution in [2.75, 3.05) is 33.9 Å². The van der Waals surface area contributed by atoms with Gasteiger partial charge in [0, 0.05) is 0 Å². The maximum atomic E-state index is 9.71. The molecular weight excluding hydrogens is 242 g/mol. The summed E-state index contributed by atoms with van der Waals surface area (Å²) in [4.78, 5) is 2.35. The summed E-state index contributed by atoms with van der Waals surface area (Å²) < 4.78 is 10.6. The number of piperidine rings is 1. The molecule has 0 saturated carbocycles. The quantitative estimate of drug-likeness (QED) is 0.886. The Morgan fingerprint density at radius 3 is 2.37 bits per heavy atom. The third-order valence-corrected chi connectivity index (χ3v) is 3.80. The molecule has 0 bridgehead atoms. The number of aliphatic hydroxyl groups excluding tert-OH is 1. The summed E-state index contributed by atoms with van der Waals surface area (Å²) in [5.41, 5.74) is 1.09. The molecule has 1 aliphatic rings. The number of rotatable bonds is 5. The first-order chi connectivity index (χ1) is 9.30. The van der Waals surface area contributed by atoms with Crippen molar-refractivity contribution in [3.05, 3.63) is 23.8 Å². The summed E-state index contributed by atoms with van der Waals surface area (Å²) in [6, 6.07) is 5.94. The molecule has 4 nitrogen and oxygen atoms in total. The van der Waals surface area contributed by atoms with Crippen molar-refractivity contribution < 1.29 is 14.6 Å². The van der Waals surface area contributed by atoms with Crippen LogP contribution >= 0.6 is 0 Å². The molecule has 0 amide bonds. The van der Waals surface area contributed by atoms with Gasteiger partial charge in [-0.05, 0) is 43.6 Å². The van der Waals surface area contributed by atoms with Crippen molar-refractivity contribution in [1.29, 1.82) is 0 Å². The van der Waals surface area contributed by atoms with E-state index in [1.165, 1.54) is 19.3 Å². The molecule has 1 aliphatic heterocycles. The number of methoxy groups -OCH3 is 2. The highest BCUT2D eigenvalue weighted by atomic mass is 16.5. The Kier molecular flexibility index (Phi) is 5.05. The van der Waals surface area contributed by atoms with Gasteiger partial charge in [-0.25, -0.2) is 0 Å². The van der Waals surface area contributed by atoms with Crippen molar-refractivity contribution in [3.8, 4) is 11.5 Å². The van der Waals surface area contributed by atoms with E-state index >= 15 is 0 Å². The summed E-state index contributed by atoms with van der Waals surface area (Å²) in [5, 5.41) is 9.71. The molecule has 1 saturated heterocycles. The Morgan fingerprint density at radius 2 is 1.79 bits per heavy atom. The lowest BCUT2D eigenvalue weighted by molar-refractivity contribution is 0.104. The number of hydrogen-bond acceptors (Lipinski definition) is 4. The first-order valence-corrected chi connectivity index (χ1v) is 6.87. The number of likely N-dealkylation sites (tertiary alicyclic amines) is 1. The average molecular weight is 265 g/mol. The monoisotopic (exact) mass is 265 g/mol. The molecule has 0 spiro atoms. The van der Waals surface area contributed by atoms with Crippen molar-refractivity contribution in [3.63, 3.8) is 0 Å². The van der Waals surface area contributed by atoms with Gasteiger partial charge < -0.3 is 14.6 Å². The fourth-order valence-electron chi connectivity index (χ4n) is 2.72. The molecule has 1 unspecified atom stereocenters. The molecule has 1 aromatic rings. The van der Waals surface area contributed by atoms with Crippen molar-refractivity contribution >= 4 is 0 Å². The summed E-state index contributed by atoms with van der Waals surface area (Å²) in [6.45, 7) is 2.24. The predicted molar refractivity (Wildman–Crippen MR) is 74.8 cm³/mol. The molecule has 1 aromatic carbocycles. The largest absolute Gasteiger partial charge is 0.493 e. The zero-order valence-electron chi connectivity index (χ0n) is 11.8. The lowest BCUT2D eigenvalue weighted by Gasteiger charge is -2.34. The van der Waals surface area contributed by atoms with E-state index in [2.05, 4.69) is 4.90 Å². The number of benzene rings is 1. The molecule has 0 radical (unpaired) electrons. The van der Waals surface area contributed by atoms with Crippen molar-refractivity contribution in [1.82, 2.24) is 4.90 Å². The molecule has 1 N–H and O–H groups in total. The topological polar surface area (TPSA) is 41.9 Å². The molecule has 0 aliphatic carbocycles. The second kappa shape index (κ2) is 6.78. The molecule has 2 rings (SSSR count). The van der Waals surface area contributed by atoms with Gasteiger partial charge in [-0.3, -0.25) is 4.90 Å². The second-order valence-electron chi connectivity index (χ2n) is 4.91. The predicted octanol–water partition coefficient (Wildman–Crippen LogP) is 2.22. The van der Waals surface area contributed by atoms with Gasteiger partial charge in [-0.1, -0.05) is 12.5 Å². The molecule has 1 fully saturated rings. The van der Waals surface area contributed by atoms with Gasteiger partial charge in [0.05, 0.1) is 26.9 Å². The molecule has 1 atom stereocenters. The number of hydrogen-bond donors (Lipinski definition) is 1. The van der Waals surface area contributed by atoms with E-state index < -0.39 is 0 Å². The zero-order valence-corrected chi connectivity index (χ0v) is 11.8. The van der Waals surface area contributed by atoms with E-state index in [4.69, 9.17) is 9.47 Å². The van der Waals surface area contributed by atoms with Crippen LogP contribution in [-0.4, -0.2) is 43.9 Å². The van der Waals surface area contributed by atoms with Gasteiger partial charge in [0.25, 0.3) is 0 Å². The highest BCUT2D eigenvalue weighted by Crippen LogP contribution is 2.32. The summed E-state index contributed by atoms with van der Waals surface area (Å²) >= 11 is 0. The minimum Gasteiger partial charge on any atom is -0.493 e. The first kappa shape index (κ1) is 14.2. The summed E-state index contributed by atoms with van der Waals surface area (Å²) in [5.74, 6) is 1.44. The van der Waals surface area contributed by atoms with Crippen LogP contribution in [-0.2, 0) is 0 Å². The zero-order chi connectivity index (χ0) is 13.7. The number of ether oxygens (including phenoxy) is 2. The molecule has 106 valence electrons. The SMILES string of the molecule is COc1ccc(C(CO)N2CCCCC2)cc1OC. The Bertz CT molecular complexity index is 402. The van der Waals surface area contributed by atoms with Gasteiger partial charge >= 0.3 is 0 Å². The number of aliphatic hydroxyl groups is 1. The van der Waals surface area contributed by atoms with Crippen molar-refractivity contribution in [2.45, 2.75) is 25.3 Å². The maximum Gasteiger partial charge on any atom is 0.161 e. The van der Waals surface area contributed by atoms with Crippen LogP contribution in [0.1, 0.15) is 30.9 Å². The Hall–Kier alpha value is -1.26. The molecule has 0 aromatic heterocycles. The smallest absolute Gasteiger partial charge is 0.161 e. The van der Waals surface area contributed by atoms with Crippen LogP contribution in [0.15, 0.2) is 18.2 Å². The normalized spacial score (nSPS) is 18.1. The lowest BCUT2D eigenvalue weighted by atomic mass is 10.0. The standard InChI is InChI=1S/C15H23NO3/c1-18-14-7-6-12(10-15(14)19-2)13(11-17)16-8-4-3-5-9-16/h6-7,10,13,17H,3-5,8-9,11H2,1-2H3. The van der Waals surface area contributed by atoms with Gasteiger partial charge in [0.1, 0.15) is 0 Å². The lowest BCUT2D eigenvalue weighted by Crippen LogP contribution is -2.35. The molecule has 1 heterocycles. The van der Waals surface area contributed by atoms with E-state index in [9.17, 15) is 5.11 Å². The van der Waals surface area contributed by atoms with E-state index in [1.807, 2.05) is 18.2 Å². The van der Waals surface area contributed by atoms with E-state index in [0.29, 0.717) is 0 Å². The van der Waals surface area contributed by atoms with E-state index in [0.717, 1.165) is 30.2 Å².